The molecule has 1 fully saturated rings. The lowest BCUT2D eigenvalue weighted by atomic mass is 9.96. The van der Waals surface area contributed by atoms with Crippen LogP contribution in [0.2, 0.25) is 5.02 Å². The molecule has 1 aromatic heterocycles. The van der Waals surface area contributed by atoms with Crippen molar-refractivity contribution in [3.8, 4) is 0 Å². The molecule has 21 heavy (non-hydrogen) atoms. The van der Waals surface area contributed by atoms with E-state index in [9.17, 15) is 9.90 Å². The van der Waals surface area contributed by atoms with Crippen molar-refractivity contribution in [3.63, 3.8) is 0 Å². The van der Waals surface area contributed by atoms with E-state index in [0.29, 0.717) is 30.2 Å². The van der Waals surface area contributed by atoms with Crippen LogP contribution in [0.25, 0.3) is 10.9 Å². The van der Waals surface area contributed by atoms with Gasteiger partial charge in [-0.2, -0.15) is 0 Å². The van der Waals surface area contributed by atoms with Crippen molar-refractivity contribution in [1.29, 1.82) is 0 Å². The fraction of sp³-hybridized carbons (Fsp3) is 0.375. The topological polar surface area (TPSA) is 53.4 Å². The molecule has 110 valence electrons. The summed E-state index contributed by atoms with van der Waals surface area (Å²) in [5, 5.41) is 11.1. The minimum atomic E-state index is -0.331. The largest absolute Gasteiger partial charge is 0.393 e. The zero-order valence-corrected chi connectivity index (χ0v) is 12.5. The van der Waals surface area contributed by atoms with Crippen LogP contribution in [-0.2, 0) is 0 Å². The molecule has 1 aromatic carbocycles. The molecule has 1 amide bonds. The Morgan fingerprint density at radius 1 is 1.43 bits per heavy atom. The Balaban J connectivity index is 1.91. The number of likely N-dealkylation sites (tertiary alicyclic amines) is 1. The van der Waals surface area contributed by atoms with Gasteiger partial charge >= 0.3 is 0 Å². The summed E-state index contributed by atoms with van der Waals surface area (Å²) in [6.45, 7) is 3.05. The molecule has 0 spiro atoms. The van der Waals surface area contributed by atoms with Crippen molar-refractivity contribution in [2.45, 2.75) is 19.4 Å². The standard InChI is InChI=1S/C16H17ClN2O2/c1-10-9-19(7-6-15(10)20)16(21)14-8-12(17)11-4-2-3-5-13(11)18-14/h2-5,8,10,15,20H,6-7,9H2,1H3. The van der Waals surface area contributed by atoms with Crippen LogP contribution in [0.4, 0.5) is 0 Å². The molecule has 5 heteroatoms. The quantitative estimate of drug-likeness (QED) is 0.881. The third-order valence-corrected chi connectivity index (χ3v) is 4.34. The van der Waals surface area contributed by atoms with Gasteiger partial charge < -0.3 is 10.0 Å². The number of aliphatic hydroxyl groups excluding tert-OH is 1. The molecule has 1 saturated heterocycles. The Bertz CT molecular complexity index is 689. The van der Waals surface area contributed by atoms with Gasteiger partial charge in [-0.05, 0) is 24.5 Å². The van der Waals surface area contributed by atoms with E-state index in [2.05, 4.69) is 4.98 Å². The molecule has 2 heterocycles. The molecule has 1 aliphatic heterocycles. The van der Waals surface area contributed by atoms with Gasteiger partial charge in [0.2, 0.25) is 0 Å². The number of hydrogen-bond donors (Lipinski definition) is 1. The Morgan fingerprint density at radius 2 is 2.19 bits per heavy atom. The number of piperidine rings is 1. The van der Waals surface area contributed by atoms with E-state index in [1.807, 2.05) is 31.2 Å². The van der Waals surface area contributed by atoms with Crippen molar-refractivity contribution in [1.82, 2.24) is 9.88 Å². The molecule has 1 N–H and O–H groups in total. The zero-order chi connectivity index (χ0) is 15.0. The molecular weight excluding hydrogens is 288 g/mol. The lowest BCUT2D eigenvalue weighted by molar-refractivity contribution is 0.0294. The van der Waals surface area contributed by atoms with E-state index < -0.39 is 0 Å². The average molecular weight is 305 g/mol. The summed E-state index contributed by atoms with van der Waals surface area (Å²) >= 11 is 6.25. The minimum Gasteiger partial charge on any atom is -0.393 e. The third kappa shape index (κ3) is 2.74. The van der Waals surface area contributed by atoms with Gasteiger partial charge in [0.15, 0.2) is 0 Å². The van der Waals surface area contributed by atoms with Gasteiger partial charge in [0.25, 0.3) is 5.91 Å². The minimum absolute atomic E-state index is 0.0821. The highest BCUT2D eigenvalue weighted by atomic mass is 35.5. The van der Waals surface area contributed by atoms with Crippen LogP contribution in [0.15, 0.2) is 30.3 Å². The van der Waals surface area contributed by atoms with E-state index in [1.54, 1.807) is 11.0 Å². The number of halogens is 1. The van der Waals surface area contributed by atoms with Crippen molar-refractivity contribution < 1.29 is 9.90 Å². The summed E-state index contributed by atoms with van der Waals surface area (Å²) in [5.41, 5.74) is 1.08. The van der Waals surface area contributed by atoms with Crippen molar-refractivity contribution in [2.24, 2.45) is 5.92 Å². The van der Waals surface area contributed by atoms with Gasteiger partial charge in [0, 0.05) is 18.5 Å². The molecule has 4 nitrogen and oxygen atoms in total. The first-order valence-electron chi connectivity index (χ1n) is 7.09. The van der Waals surface area contributed by atoms with Crippen LogP contribution in [0.3, 0.4) is 0 Å². The van der Waals surface area contributed by atoms with Crippen LogP contribution in [0.5, 0.6) is 0 Å². The van der Waals surface area contributed by atoms with Crippen LogP contribution in [0.1, 0.15) is 23.8 Å². The fourth-order valence-electron chi connectivity index (χ4n) is 2.72. The molecule has 0 aliphatic carbocycles. The summed E-state index contributed by atoms with van der Waals surface area (Å²) in [5.74, 6) is -0.0416. The SMILES string of the molecule is CC1CN(C(=O)c2cc(Cl)c3ccccc3n2)CCC1O. The number of nitrogens with zero attached hydrogens (tertiary/aromatic N) is 2. The summed E-state index contributed by atoms with van der Waals surface area (Å²) in [7, 11) is 0. The maximum absolute atomic E-state index is 12.6. The number of amides is 1. The van der Waals surface area contributed by atoms with Gasteiger partial charge in [-0.15, -0.1) is 0 Å². The lowest BCUT2D eigenvalue weighted by Crippen LogP contribution is -2.45. The molecule has 2 unspecified atom stereocenters. The summed E-state index contributed by atoms with van der Waals surface area (Å²) in [6, 6.07) is 9.13. The van der Waals surface area contributed by atoms with E-state index in [4.69, 9.17) is 11.6 Å². The lowest BCUT2D eigenvalue weighted by Gasteiger charge is -2.34. The van der Waals surface area contributed by atoms with Crippen LogP contribution >= 0.6 is 11.6 Å². The van der Waals surface area contributed by atoms with Crippen molar-refractivity contribution in [2.75, 3.05) is 13.1 Å². The molecule has 0 bridgehead atoms. The molecule has 3 rings (SSSR count). The zero-order valence-electron chi connectivity index (χ0n) is 11.8. The first-order valence-corrected chi connectivity index (χ1v) is 7.46. The van der Waals surface area contributed by atoms with Gasteiger partial charge in [0.05, 0.1) is 16.6 Å². The fourth-order valence-corrected chi connectivity index (χ4v) is 2.99. The predicted octanol–water partition coefficient (Wildman–Crippen LogP) is 2.73. The molecule has 2 aromatic rings. The van der Waals surface area contributed by atoms with Crippen molar-refractivity contribution >= 4 is 28.4 Å². The first-order chi connectivity index (χ1) is 10.1. The smallest absolute Gasteiger partial charge is 0.272 e. The van der Waals surface area contributed by atoms with Gasteiger partial charge in [-0.1, -0.05) is 36.7 Å². The number of aliphatic hydroxyl groups is 1. The monoisotopic (exact) mass is 304 g/mol. The summed E-state index contributed by atoms with van der Waals surface area (Å²) in [4.78, 5) is 18.7. The summed E-state index contributed by atoms with van der Waals surface area (Å²) in [6.07, 6.45) is 0.274. The first kappa shape index (κ1) is 14.3. The Kier molecular flexibility index (Phi) is 3.83. The average Bonchev–Trinajstić information content (AvgIpc) is 2.49. The van der Waals surface area contributed by atoms with Crippen LogP contribution < -0.4 is 0 Å². The van der Waals surface area contributed by atoms with E-state index in [-0.39, 0.29) is 17.9 Å². The number of benzene rings is 1. The number of carbonyl (C=O) groups is 1. The van der Waals surface area contributed by atoms with Crippen LogP contribution in [-0.4, -0.2) is 40.1 Å². The van der Waals surface area contributed by atoms with E-state index >= 15 is 0 Å². The number of fused-ring (bicyclic) bond motifs is 1. The number of hydrogen-bond acceptors (Lipinski definition) is 3. The van der Waals surface area contributed by atoms with Crippen molar-refractivity contribution in [3.05, 3.63) is 41.0 Å². The highest BCUT2D eigenvalue weighted by Gasteiger charge is 2.28. The summed E-state index contributed by atoms with van der Waals surface area (Å²) < 4.78 is 0. The molecule has 0 radical (unpaired) electrons. The second-order valence-electron chi connectivity index (χ2n) is 5.59. The number of aromatic nitrogens is 1. The second kappa shape index (κ2) is 5.62. The van der Waals surface area contributed by atoms with Gasteiger partial charge in [-0.3, -0.25) is 4.79 Å². The Labute approximate surface area is 128 Å². The molecule has 0 saturated carbocycles. The predicted molar refractivity (Wildman–Crippen MR) is 82.4 cm³/mol. The normalized spacial score (nSPS) is 22.5. The maximum atomic E-state index is 12.6. The number of pyridine rings is 1. The molecular formula is C16H17ClN2O2. The Hall–Kier alpha value is -1.65. The Morgan fingerprint density at radius 3 is 2.95 bits per heavy atom. The molecule has 2 atom stereocenters. The highest BCUT2D eigenvalue weighted by molar-refractivity contribution is 6.35. The number of carbonyl (C=O) groups excluding carboxylic acids is 1. The van der Waals surface area contributed by atoms with E-state index in [1.165, 1.54) is 0 Å². The molecule has 1 aliphatic rings. The van der Waals surface area contributed by atoms with Gasteiger partial charge in [-0.25, -0.2) is 4.98 Å². The maximum Gasteiger partial charge on any atom is 0.272 e. The van der Waals surface area contributed by atoms with Gasteiger partial charge in [0.1, 0.15) is 5.69 Å². The second-order valence-corrected chi connectivity index (χ2v) is 6.00. The third-order valence-electron chi connectivity index (χ3n) is 4.03. The van der Waals surface area contributed by atoms with Crippen LogP contribution in [0, 0.1) is 5.92 Å². The highest BCUT2D eigenvalue weighted by Crippen LogP contribution is 2.24. The number of rotatable bonds is 1. The number of para-hydroxylation sites is 1. The van der Waals surface area contributed by atoms with E-state index in [0.717, 1.165) is 10.9 Å².